The fourth-order valence-corrected chi connectivity index (χ4v) is 2.95. The van der Waals surface area contributed by atoms with Gasteiger partial charge in [-0.1, -0.05) is 13.8 Å². The molecule has 0 bridgehead atoms. The Labute approximate surface area is 113 Å². The second kappa shape index (κ2) is 7.46. The van der Waals surface area contributed by atoms with Crippen LogP contribution >= 0.6 is 0 Å². The lowest BCUT2D eigenvalue weighted by Gasteiger charge is -2.37. The highest BCUT2D eigenvalue weighted by Crippen LogP contribution is 2.34. The van der Waals surface area contributed by atoms with Gasteiger partial charge < -0.3 is 14.9 Å². The van der Waals surface area contributed by atoms with E-state index in [0.717, 1.165) is 37.9 Å². The molecule has 3 heteroatoms. The lowest BCUT2D eigenvalue weighted by molar-refractivity contribution is 0.0218. The molecule has 3 nitrogen and oxygen atoms in total. The van der Waals surface area contributed by atoms with Gasteiger partial charge in [0.2, 0.25) is 0 Å². The molecule has 0 saturated heterocycles. The minimum atomic E-state index is -0.0817. The molecule has 0 aromatic carbocycles. The van der Waals surface area contributed by atoms with Crippen LogP contribution < -0.4 is 0 Å². The van der Waals surface area contributed by atoms with Gasteiger partial charge in [-0.3, -0.25) is 0 Å². The van der Waals surface area contributed by atoms with Gasteiger partial charge >= 0.3 is 0 Å². The van der Waals surface area contributed by atoms with Crippen molar-refractivity contribution in [2.75, 3.05) is 40.8 Å². The summed E-state index contributed by atoms with van der Waals surface area (Å²) in [5.74, 6) is 2.03. The van der Waals surface area contributed by atoms with Crippen molar-refractivity contribution in [2.24, 2.45) is 17.8 Å². The summed E-state index contributed by atoms with van der Waals surface area (Å²) in [6, 6.07) is 0. The number of hydrogen-bond donors (Lipinski definition) is 1. The van der Waals surface area contributed by atoms with E-state index in [1.807, 2.05) is 0 Å². The van der Waals surface area contributed by atoms with E-state index >= 15 is 0 Å². The Hall–Kier alpha value is -0.120. The van der Waals surface area contributed by atoms with Crippen LogP contribution in [0.5, 0.6) is 0 Å². The smallest absolute Gasteiger partial charge is 0.0580 e. The number of aliphatic hydroxyl groups excluding tert-OH is 1. The highest BCUT2D eigenvalue weighted by Gasteiger charge is 2.31. The maximum Gasteiger partial charge on any atom is 0.0580 e. The summed E-state index contributed by atoms with van der Waals surface area (Å²) in [4.78, 5) is 4.58. The molecule has 0 amide bonds. The molecule has 0 aromatic heterocycles. The van der Waals surface area contributed by atoms with Crippen molar-refractivity contribution in [2.45, 2.75) is 39.2 Å². The van der Waals surface area contributed by atoms with E-state index in [2.05, 4.69) is 44.8 Å². The average Bonchev–Trinajstić information content (AvgIpc) is 2.29. The monoisotopic (exact) mass is 256 g/mol. The van der Waals surface area contributed by atoms with E-state index in [1.54, 1.807) is 0 Å². The molecule has 1 N–H and O–H groups in total. The Morgan fingerprint density at radius 1 is 1.11 bits per heavy atom. The Morgan fingerprint density at radius 2 is 1.78 bits per heavy atom. The van der Waals surface area contributed by atoms with Crippen LogP contribution in [0.2, 0.25) is 0 Å². The van der Waals surface area contributed by atoms with Crippen molar-refractivity contribution in [3.63, 3.8) is 0 Å². The van der Waals surface area contributed by atoms with Crippen molar-refractivity contribution in [3.8, 4) is 0 Å². The largest absolute Gasteiger partial charge is 0.393 e. The van der Waals surface area contributed by atoms with Crippen molar-refractivity contribution in [1.29, 1.82) is 0 Å². The van der Waals surface area contributed by atoms with Gasteiger partial charge in [0.05, 0.1) is 6.10 Å². The molecule has 0 spiro atoms. The van der Waals surface area contributed by atoms with E-state index < -0.39 is 0 Å². The van der Waals surface area contributed by atoms with Crippen LogP contribution in [0.4, 0.5) is 0 Å². The highest BCUT2D eigenvalue weighted by molar-refractivity contribution is 4.82. The zero-order valence-electron chi connectivity index (χ0n) is 12.9. The van der Waals surface area contributed by atoms with Gasteiger partial charge in [0, 0.05) is 19.6 Å². The molecule has 1 aliphatic rings. The number of aliphatic hydroxyl groups is 1. The first-order valence-corrected chi connectivity index (χ1v) is 7.41. The first kappa shape index (κ1) is 15.9. The van der Waals surface area contributed by atoms with E-state index in [0.29, 0.717) is 5.92 Å². The van der Waals surface area contributed by atoms with Crippen LogP contribution in [0, 0.1) is 17.8 Å². The summed E-state index contributed by atoms with van der Waals surface area (Å²) in [6.45, 7) is 7.85. The number of hydrogen-bond acceptors (Lipinski definition) is 3. The topological polar surface area (TPSA) is 26.7 Å². The Bertz CT molecular complexity index is 231. The average molecular weight is 256 g/mol. The zero-order valence-corrected chi connectivity index (χ0v) is 12.9. The van der Waals surface area contributed by atoms with Crippen LogP contribution in [-0.4, -0.2) is 61.8 Å². The second-order valence-corrected chi connectivity index (χ2v) is 6.71. The van der Waals surface area contributed by atoms with E-state index in [-0.39, 0.29) is 6.10 Å². The van der Waals surface area contributed by atoms with Crippen LogP contribution in [0.1, 0.15) is 33.1 Å². The van der Waals surface area contributed by atoms with E-state index in [9.17, 15) is 5.11 Å². The predicted octanol–water partition coefficient (Wildman–Crippen LogP) is 1.91. The van der Waals surface area contributed by atoms with E-state index in [1.165, 1.54) is 12.8 Å². The van der Waals surface area contributed by atoms with Crippen molar-refractivity contribution >= 4 is 0 Å². The SMILES string of the molecule is CC(C)C1CCC(O)C(CN(C)CCN(C)C)C1. The number of nitrogens with zero attached hydrogens (tertiary/aromatic N) is 2. The fraction of sp³-hybridized carbons (Fsp3) is 1.00. The lowest BCUT2D eigenvalue weighted by atomic mass is 9.74. The molecule has 1 saturated carbocycles. The molecule has 0 heterocycles. The van der Waals surface area contributed by atoms with Crippen molar-refractivity contribution in [1.82, 2.24) is 9.80 Å². The standard InChI is InChI=1S/C15H32N2O/c1-12(2)13-6-7-15(18)14(10-13)11-17(5)9-8-16(3)4/h12-15,18H,6-11H2,1-5H3. The maximum atomic E-state index is 10.2. The van der Waals surface area contributed by atoms with Crippen LogP contribution in [0.25, 0.3) is 0 Å². The maximum absolute atomic E-state index is 10.2. The Morgan fingerprint density at radius 3 is 2.33 bits per heavy atom. The third-order valence-electron chi connectivity index (χ3n) is 4.40. The van der Waals surface area contributed by atoms with Crippen LogP contribution in [0.3, 0.4) is 0 Å². The summed E-state index contributed by atoms with van der Waals surface area (Å²) in [7, 11) is 6.39. The predicted molar refractivity (Wildman–Crippen MR) is 77.7 cm³/mol. The molecule has 0 aliphatic heterocycles. The Kier molecular flexibility index (Phi) is 6.61. The third kappa shape index (κ3) is 5.25. The third-order valence-corrected chi connectivity index (χ3v) is 4.40. The molecule has 1 fully saturated rings. The van der Waals surface area contributed by atoms with Crippen molar-refractivity contribution in [3.05, 3.63) is 0 Å². The highest BCUT2D eigenvalue weighted by atomic mass is 16.3. The van der Waals surface area contributed by atoms with Gasteiger partial charge in [-0.05, 0) is 58.2 Å². The molecule has 18 heavy (non-hydrogen) atoms. The summed E-state index contributed by atoms with van der Waals surface area (Å²) < 4.78 is 0. The molecule has 3 unspecified atom stereocenters. The molecule has 0 aromatic rings. The molecule has 1 aliphatic carbocycles. The number of likely N-dealkylation sites (N-methyl/N-ethyl adjacent to an activating group) is 2. The van der Waals surface area contributed by atoms with Gasteiger partial charge in [0.15, 0.2) is 0 Å². The second-order valence-electron chi connectivity index (χ2n) is 6.71. The summed E-state index contributed by atoms with van der Waals surface area (Å²) in [6.07, 6.45) is 3.32. The molecule has 108 valence electrons. The van der Waals surface area contributed by atoms with Gasteiger partial charge in [0.25, 0.3) is 0 Å². The van der Waals surface area contributed by atoms with E-state index in [4.69, 9.17) is 0 Å². The van der Waals surface area contributed by atoms with Gasteiger partial charge in [-0.2, -0.15) is 0 Å². The van der Waals surface area contributed by atoms with Crippen LogP contribution in [-0.2, 0) is 0 Å². The Balaban J connectivity index is 2.38. The molecule has 3 atom stereocenters. The fourth-order valence-electron chi connectivity index (χ4n) is 2.95. The van der Waals surface area contributed by atoms with Gasteiger partial charge in [0.1, 0.15) is 0 Å². The zero-order chi connectivity index (χ0) is 13.7. The molecule has 0 radical (unpaired) electrons. The quantitative estimate of drug-likeness (QED) is 0.786. The first-order valence-electron chi connectivity index (χ1n) is 7.41. The molecular weight excluding hydrogens is 224 g/mol. The summed E-state index contributed by atoms with van der Waals surface area (Å²) in [5, 5.41) is 10.2. The minimum absolute atomic E-state index is 0.0817. The summed E-state index contributed by atoms with van der Waals surface area (Å²) >= 11 is 0. The normalized spacial score (nSPS) is 29.5. The number of rotatable bonds is 6. The molecular formula is C15H32N2O. The van der Waals surface area contributed by atoms with Crippen molar-refractivity contribution < 1.29 is 5.11 Å². The van der Waals surface area contributed by atoms with Gasteiger partial charge in [-0.25, -0.2) is 0 Å². The van der Waals surface area contributed by atoms with Gasteiger partial charge in [-0.15, -0.1) is 0 Å². The first-order chi connectivity index (χ1) is 8.40. The minimum Gasteiger partial charge on any atom is -0.393 e. The summed E-state index contributed by atoms with van der Waals surface area (Å²) in [5.41, 5.74) is 0. The lowest BCUT2D eigenvalue weighted by Crippen LogP contribution is -2.40. The molecule has 1 rings (SSSR count). The van der Waals surface area contributed by atoms with Crippen LogP contribution in [0.15, 0.2) is 0 Å².